The average molecular weight is 481 g/mol. The number of hydrogen-bond acceptors (Lipinski definition) is 6. The van der Waals surface area contributed by atoms with Crippen LogP contribution in [0.3, 0.4) is 0 Å². The molecule has 9 nitrogen and oxygen atoms in total. The van der Waals surface area contributed by atoms with Gasteiger partial charge in [-0.15, -0.1) is 5.10 Å². The van der Waals surface area contributed by atoms with Gasteiger partial charge in [-0.25, -0.2) is 13.9 Å². The lowest BCUT2D eigenvalue weighted by Gasteiger charge is -2.33. The van der Waals surface area contributed by atoms with Crippen molar-refractivity contribution in [3.8, 4) is 0 Å². The Labute approximate surface area is 202 Å². The van der Waals surface area contributed by atoms with Crippen LogP contribution in [0.5, 0.6) is 0 Å². The monoisotopic (exact) mass is 480 g/mol. The number of nitrogens with one attached hydrogen (secondary N) is 1. The minimum Gasteiger partial charge on any atom is -0.384 e. The zero-order chi connectivity index (χ0) is 24.5. The molecule has 3 aromatic rings. The molecule has 35 heavy (non-hydrogen) atoms. The zero-order valence-corrected chi connectivity index (χ0v) is 19.6. The predicted molar refractivity (Wildman–Crippen MR) is 127 cm³/mol. The number of amides is 2. The number of likely N-dealkylation sites (tertiary alicyclic amines) is 1. The van der Waals surface area contributed by atoms with Gasteiger partial charge in [0.2, 0.25) is 0 Å². The van der Waals surface area contributed by atoms with Crippen LogP contribution in [-0.2, 0) is 4.79 Å². The van der Waals surface area contributed by atoms with Gasteiger partial charge in [0.1, 0.15) is 17.7 Å². The predicted octanol–water partition coefficient (Wildman–Crippen LogP) is 2.31. The number of aliphatic hydroxyl groups is 1. The molecule has 2 aromatic heterocycles. The van der Waals surface area contributed by atoms with Crippen molar-refractivity contribution in [1.29, 1.82) is 0 Å². The molecule has 2 N–H and O–H groups in total. The molecular formula is C25H29FN6O3. The summed E-state index contributed by atoms with van der Waals surface area (Å²) in [7, 11) is 0. The van der Waals surface area contributed by atoms with Crippen LogP contribution in [0.2, 0.25) is 0 Å². The topological polar surface area (TPSA) is 103 Å². The molecule has 2 atom stereocenters. The molecule has 0 saturated carbocycles. The van der Waals surface area contributed by atoms with Crippen molar-refractivity contribution in [1.82, 2.24) is 24.8 Å². The fourth-order valence-corrected chi connectivity index (χ4v) is 5.04. The number of aliphatic hydroxyl groups excluding tert-OH is 1. The number of nitrogens with zero attached hydrogens (tertiary/aromatic N) is 5. The van der Waals surface area contributed by atoms with Crippen molar-refractivity contribution in [3.63, 3.8) is 0 Å². The largest absolute Gasteiger partial charge is 0.384 e. The highest BCUT2D eigenvalue weighted by Crippen LogP contribution is 2.35. The lowest BCUT2D eigenvalue weighted by molar-refractivity contribution is -0.140. The molecule has 1 unspecified atom stereocenters. The van der Waals surface area contributed by atoms with E-state index in [1.807, 2.05) is 18.2 Å². The molecule has 10 heteroatoms. The maximum atomic E-state index is 13.8. The quantitative estimate of drug-likeness (QED) is 0.581. The summed E-state index contributed by atoms with van der Waals surface area (Å²) in [4.78, 5) is 33.2. The van der Waals surface area contributed by atoms with Crippen LogP contribution in [0.15, 0.2) is 42.6 Å². The van der Waals surface area contributed by atoms with E-state index in [-0.39, 0.29) is 29.7 Å². The van der Waals surface area contributed by atoms with Crippen LogP contribution in [0.1, 0.15) is 54.7 Å². The van der Waals surface area contributed by atoms with Crippen LogP contribution in [0, 0.1) is 5.82 Å². The van der Waals surface area contributed by atoms with Crippen LogP contribution in [0.4, 0.5) is 10.2 Å². The SMILES string of the molecule is C[C@H](O)C(=O)N1CCC(NC(=O)c2cnc3ccc(N4CCCC4c4cccc(F)c4)nn23)CC1. The fraction of sp³-hybridized carbons (Fsp3) is 0.440. The summed E-state index contributed by atoms with van der Waals surface area (Å²) in [6.45, 7) is 3.23. The molecule has 0 bridgehead atoms. The number of carbonyl (C=O) groups excluding carboxylic acids is 2. The number of hydrogen-bond donors (Lipinski definition) is 2. The van der Waals surface area contributed by atoms with Crippen molar-refractivity contribution in [2.45, 2.75) is 50.8 Å². The number of rotatable bonds is 5. The Hall–Kier alpha value is -3.53. The Morgan fingerprint density at radius 1 is 1.14 bits per heavy atom. The van der Waals surface area contributed by atoms with E-state index in [2.05, 4.69) is 15.2 Å². The standard InChI is InChI=1S/C25H29FN6O3/c1-16(33)25(35)30-12-9-19(10-13-30)28-24(34)21-15-27-22-7-8-23(29-32(21)22)31-11-3-6-20(31)17-4-2-5-18(26)14-17/h2,4-5,7-8,14-16,19-20,33H,3,6,9-13H2,1H3,(H,28,34)/t16-,20?/m0/s1. The first-order valence-electron chi connectivity index (χ1n) is 12.1. The second-order valence-electron chi connectivity index (χ2n) is 9.26. The Balaban J connectivity index is 1.31. The Morgan fingerprint density at radius 3 is 2.69 bits per heavy atom. The van der Waals surface area contributed by atoms with Crippen LogP contribution < -0.4 is 10.2 Å². The third kappa shape index (κ3) is 4.70. The van der Waals surface area contributed by atoms with Gasteiger partial charge in [-0.1, -0.05) is 12.1 Å². The van der Waals surface area contributed by atoms with Gasteiger partial charge in [0.25, 0.3) is 11.8 Å². The number of carbonyl (C=O) groups is 2. The summed E-state index contributed by atoms with van der Waals surface area (Å²) in [6.07, 6.45) is 3.59. The molecule has 5 rings (SSSR count). The van der Waals surface area contributed by atoms with Crippen LogP contribution in [-0.4, -0.2) is 68.2 Å². The van der Waals surface area contributed by atoms with Gasteiger partial charge in [0.05, 0.1) is 12.2 Å². The number of anilines is 1. The van der Waals surface area contributed by atoms with Gasteiger partial charge in [-0.3, -0.25) is 9.59 Å². The van der Waals surface area contributed by atoms with E-state index in [0.29, 0.717) is 43.1 Å². The van der Waals surface area contributed by atoms with E-state index in [1.165, 1.54) is 19.2 Å². The number of aromatic nitrogens is 3. The maximum absolute atomic E-state index is 13.8. The second-order valence-corrected chi connectivity index (χ2v) is 9.26. The fourth-order valence-electron chi connectivity index (χ4n) is 5.04. The molecule has 0 aliphatic carbocycles. The molecule has 0 radical (unpaired) electrons. The third-order valence-electron chi connectivity index (χ3n) is 6.86. The van der Waals surface area contributed by atoms with Gasteiger partial charge in [-0.2, -0.15) is 0 Å². The number of halogens is 1. The lowest BCUT2D eigenvalue weighted by atomic mass is 10.0. The van der Waals surface area contributed by atoms with Crippen molar-refractivity contribution in [2.24, 2.45) is 0 Å². The van der Waals surface area contributed by atoms with Crippen LogP contribution >= 0.6 is 0 Å². The number of piperidine rings is 1. The van der Waals surface area contributed by atoms with Crippen molar-refractivity contribution in [2.75, 3.05) is 24.5 Å². The van der Waals surface area contributed by atoms with E-state index < -0.39 is 6.10 Å². The lowest BCUT2D eigenvalue weighted by Crippen LogP contribution is -2.48. The smallest absolute Gasteiger partial charge is 0.271 e. The van der Waals surface area contributed by atoms with E-state index in [4.69, 9.17) is 5.10 Å². The normalized spacial score (nSPS) is 19.8. The summed E-state index contributed by atoms with van der Waals surface area (Å²) in [5.74, 6) is -0.106. The first kappa shape index (κ1) is 23.2. The highest BCUT2D eigenvalue weighted by molar-refractivity contribution is 5.93. The van der Waals surface area contributed by atoms with Gasteiger partial charge in [0.15, 0.2) is 11.3 Å². The van der Waals surface area contributed by atoms with Gasteiger partial charge >= 0.3 is 0 Å². The molecule has 2 aliphatic heterocycles. The Kier molecular flexibility index (Phi) is 6.38. The van der Waals surface area contributed by atoms with Gasteiger partial charge < -0.3 is 20.2 Å². The van der Waals surface area contributed by atoms with Crippen molar-refractivity contribution in [3.05, 3.63) is 59.7 Å². The molecule has 1 aromatic carbocycles. The average Bonchev–Trinajstić information content (AvgIpc) is 3.51. The summed E-state index contributed by atoms with van der Waals surface area (Å²) in [6, 6.07) is 10.3. The highest BCUT2D eigenvalue weighted by Gasteiger charge is 2.29. The van der Waals surface area contributed by atoms with Crippen molar-refractivity contribution >= 4 is 23.3 Å². The summed E-state index contributed by atoms with van der Waals surface area (Å²) < 4.78 is 15.4. The number of benzene rings is 1. The summed E-state index contributed by atoms with van der Waals surface area (Å²) in [5, 5.41) is 17.3. The van der Waals surface area contributed by atoms with Gasteiger partial charge in [0, 0.05) is 25.7 Å². The molecule has 2 saturated heterocycles. The summed E-state index contributed by atoms with van der Waals surface area (Å²) >= 11 is 0. The second kappa shape index (κ2) is 9.61. The molecule has 2 aliphatic rings. The third-order valence-corrected chi connectivity index (χ3v) is 6.86. The minimum atomic E-state index is -1.02. The highest BCUT2D eigenvalue weighted by atomic mass is 19.1. The van der Waals surface area contributed by atoms with E-state index in [9.17, 15) is 19.1 Å². The molecule has 2 amide bonds. The number of fused-ring (bicyclic) bond motifs is 1. The first-order valence-corrected chi connectivity index (χ1v) is 12.1. The van der Waals surface area contributed by atoms with E-state index in [1.54, 1.807) is 21.5 Å². The summed E-state index contributed by atoms with van der Waals surface area (Å²) in [5.41, 5.74) is 1.82. The minimum absolute atomic E-state index is 0.0194. The Morgan fingerprint density at radius 2 is 1.94 bits per heavy atom. The molecular weight excluding hydrogens is 451 g/mol. The zero-order valence-electron chi connectivity index (χ0n) is 19.6. The molecule has 184 valence electrons. The number of imidazole rings is 1. The maximum Gasteiger partial charge on any atom is 0.271 e. The van der Waals surface area contributed by atoms with E-state index in [0.717, 1.165) is 24.9 Å². The molecule has 2 fully saturated rings. The molecule has 4 heterocycles. The van der Waals surface area contributed by atoms with Gasteiger partial charge in [-0.05, 0) is 62.4 Å². The van der Waals surface area contributed by atoms with E-state index >= 15 is 0 Å². The molecule has 0 spiro atoms. The first-order chi connectivity index (χ1) is 16.9. The van der Waals surface area contributed by atoms with Crippen LogP contribution in [0.25, 0.3) is 5.65 Å². The van der Waals surface area contributed by atoms with Crippen molar-refractivity contribution < 1.29 is 19.1 Å². The Bertz CT molecular complexity index is 1240.